The molecular formula is C17H18FN3. The van der Waals surface area contributed by atoms with Gasteiger partial charge in [-0.2, -0.15) is 0 Å². The van der Waals surface area contributed by atoms with Gasteiger partial charge in [0.15, 0.2) is 0 Å². The zero-order chi connectivity index (χ0) is 14.8. The van der Waals surface area contributed by atoms with E-state index in [-0.39, 0.29) is 5.82 Å². The van der Waals surface area contributed by atoms with Crippen LogP contribution in [0.1, 0.15) is 19.8 Å². The Bertz CT molecular complexity index is 760. The van der Waals surface area contributed by atoms with Gasteiger partial charge in [0.25, 0.3) is 0 Å². The maximum atomic E-state index is 13.1. The van der Waals surface area contributed by atoms with Gasteiger partial charge in [-0.3, -0.25) is 0 Å². The molecule has 0 saturated carbocycles. The minimum atomic E-state index is -0.241. The lowest BCUT2D eigenvalue weighted by Gasteiger charge is -2.08. The topological polar surface area (TPSA) is 43.8 Å². The number of nitrogens with zero attached hydrogens (tertiary/aromatic N) is 2. The van der Waals surface area contributed by atoms with Crippen molar-refractivity contribution in [2.24, 2.45) is 0 Å². The Balaban J connectivity index is 2.20. The van der Waals surface area contributed by atoms with Crippen LogP contribution >= 0.6 is 0 Å². The molecule has 2 aromatic carbocycles. The lowest BCUT2D eigenvalue weighted by molar-refractivity contribution is 0.627. The van der Waals surface area contributed by atoms with Crippen molar-refractivity contribution >= 4 is 16.7 Å². The van der Waals surface area contributed by atoms with Crippen molar-refractivity contribution < 1.29 is 4.39 Å². The van der Waals surface area contributed by atoms with E-state index in [9.17, 15) is 4.39 Å². The van der Waals surface area contributed by atoms with Crippen molar-refractivity contribution in [1.29, 1.82) is 0 Å². The van der Waals surface area contributed by atoms with E-state index in [1.54, 1.807) is 12.1 Å². The molecule has 0 spiro atoms. The standard InChI is InChI=1S/C17H18FN3/c1-2-3-11-21-15-6-4-5-14(19)16(15)20-17(21)12-7-9-13(18)10-8-12/h4-10H,2-3,11,19H2,1H3. The van der Waals surface area contributed by atoms with Crippen LogP contribution in [0.5, 0.6) is 0 Å². The number of hydrogen-bond donors (Lipinski definition) is 1. The normalized spacial score (nSPS) is 11.1. The van der Waals surface area contributed by atoms with Gasteiger partial charge in [-0.25, -0.2) is 9.37 Å². The molecule has 2 N–H and O–H groups in total. The second-order valence-electron chi connectivity index (χ2n) is 5.16. The number of anilines is 1. The number of halogens is 1. The van der Waals surface area contributed by atoms with Crippen molar-refractivity contribution in [2.75, 3.05) is 5.73 Å². The summed E-state index contributed by atoms with van der Waals surface area (Å²) >= 11 is 0. The highest BCUT2D eigenvalue weighted by molar-refractivity contribution is 5.90. The van der Waals surface area contributed by atoms with Crippen LogP contribution in [-0.4, -0.2) is 9.55 Å². The van der Waals surface area contributed by atoms with Crippen molar-refractivity contribution in [3.63, 3.8) is 0 Å². The summed E-state index contributed by atoms with van der Waals surface area (Å²) in [6.45, 7) is 3.04. The van der Waals surface area contributed by atoms with Crippen LogP contribution in [0.2, 0.25) is 0 Å². The molecule has 0 radical (unpaired) electrons. The van der Waals surface area contributed by atoms with E-state index < -0.39 is 0 Å². The lowest BCUT2D eigenvalue weighted by Crippen LogP contribution is -2.00. The van der Waals surface area contributed by atoms with Crippen LogP contribution in [0.25, 0.3) is 22.4 Å². The molecule has 0 aliphatic carbocycles. The lowest BCUT2D eigenvalue weighted by atomic mass is 10.2. The summed E-state index contributed by atoms with van der Waals surface area (Å²) in [5.41, 5.74) is 9.45. The first kappa shape index (κ1) is 13.6. The molecule has 3 rings (SSSR count). The number of benzene rings is 2. The molecule has 0 unspecified atom stereocenters. The number of nitrogens with two attached hydrogens (primary N) is 1. The largest absolute Gasteiger partial charge is 0.397 e. The molecule has 0 aliphatic rings. The number of imidazole rings is 1. The van der Waals surface area contributed by atoms with Crippen molar-refractivity contribution in [2.45, 2.75) is 26.3 Å². The van der Waals surface area contributed by atoms with Gasteiger partial charge in [-0.05, 0) is 42.8 Å². The van der Waals surface area contributed by atoms with Crippen LogP contribution in [0, 0.1) is 5.82 Å². The Labute approximate surface area is 123 Å². The summed E-state index contributed by atoms with van der Waals surface area (Å²) in [5.74, 6) is 0.603. The Kier molecular flexibility index (Phi) is 3.60. The Morgan fingerprint density at radius 2 is 1.90 bits per heavy atom. The van der Waals surface area contributed by atoms with E-state index >= 15 is 0 Å². The van der Waals surface area contributed by atoms with Crippen LogP contribution in [0.15, 0.2) is 42.5 Å². The first-order chi connectivity index (χ1) is 10.2. The van der Waals surface area contributed by atoms with Crippen LogP contribution in [-0.2, 0) is 6.54 Å². The number of aromatic nitrogens is 2. The van der Waals surface area contributed by atoms with Crippen molar-refractivity contribution in [1.82, 2.24) is 9.55 Å². The van der Waals surface area contributed by atoms with Gasteiger partial charge in [-0.1, -0.05) is 19.4 Å². The Morgan fingerprint density at radius 3 is 2.62 bits per heavy atom. The number of unbranched alkanes of at least 4 members (excludes halogenated alkanes) is 1. The third-order valence-corrected chi connectivity index (χ3v) is 3.65. The van der Waals surface area contributed by atoms with Gasteiger partial charge >= 0.3 is 0 Å². The molecule has 1 aromatic heterocycles. The molecule has 0 fully saturated rings. The third-order valence-electron chi connectivity index (χ3n) is 3.65. The van der Waals surface area contributed by atoms with Gasteiger partial charge in [0, 0.05) is 12.1 Å². The van der Waals surface area contributed by atoms with Crippen molar-refractivity contribution in [3.05, 3.63) is 48.3 Å². The summed E-state index contributed by atoms with van der Waals surface area (Å²) in [6, 6.07) is 12.3. The quantitative estimate of drug-likeness (QED) is 0.728. The first-order valence-corrected chi connectivity index (χ1v) is 7.21. The third kappa shape index (κ3) is 2.49. The average Bonchev–Trinajstić information content (AvgIpc) is 2.86. The molecule has 1 heterocycles. The van der Waals surface area contributed by atoms with Crippen LogP contribution in [0.4, 0.5) is 10.1 Å². The first-order valence-electron chi connectivity index (χ1n) is 7.21. The van der Waals surface area contributed by atoms with Gasteiger partial charge in [-0.15, -0.1) is 0 Å². The van der Waals surface area contributed by atoms with E-state index in [1.165, 1.54) is 12.1 Å². The molecule has 0 amide bonds. The van der Waals surface area contributed by atoms with E-state index in [2.05, 4.69) is 16.5 Å². The monoisotopic (exact) mass is 283 g/mol. The minimum Gasteiger partial charge on any atom is -0.397 e. The number of para-hydroxylation sites is 1. The summed E-state index contributed by atoms with van der Waals surface area (Å²) < 4.78 is 15.3. The molecule has 21 heavy (non-hydrogen) atoms. The molecule has 0 aliphatic heterocycles. The molecule has 3 aromatic rings. The highest BCUT2D eigenvalue weighted by Gasteiger charge is 2.13. The number of hydrogen-bond acceptors (Lipinski definition) is 2. The van der Waals surface area contributed by atoms with Gasteiger partial charge in [0.05, 0.1) is 11.2 Å². The average molecular weight is 283 g/mol. The molecule has 0 saturated heterocycles. The minimum absolute atomic E-state index is 0.241. The summed E-state index contributed by atoms with van der Waals surface area (Å²) in [5, 5.41) is 0. The number of nitrogen functional groups attached to an aromatic ring is 1. The molecule has 0 atom stereocenters. The molecule has 108 valence electrons. The molecular weight excluding hydrogens is 265 g/mol. The maximum absolute atomic E-state index is 13.1. The highest BCUT2D eigenvalue weighted by Crippen LogP contribution is 2.28. The van der Waals surface area contributed by atoms with Gasteiger partial charge < -0.3 is 10.3 Å². The van der Waals surface area contributed by atoms with Crippen LogP contribution < -0.4 is 5.73 Å². The number of aryl methyl sites for hydroxylation is 1. The van der Waals surface area contributed by atoms with E-state index in [1.807, 2.05) is 18.2 Å². The summed E-state index contributed by atoms with van der Waals surface area (Å²) in [4.78, 5) is 4.68. The number of rotatable bonds is 4. The summed E-state index contributed by atoms with van der Waals surface area (Å²) in [6.07, 6.45) is 2.17. The SMILES string of the molecule is CCCCn1c(-c2ccc(F)cc2)nc2c(N)cccc21. The van der Waals surface area contributed by atoms with E-state index in [4.69, 9.17) is 5.73 Å². The predicted octanol–water partition coefficient (Wildman–Crippen LogP) is 4.22. The number of fused-ring (bicyclic) bond motifs is 1. The van der Waals surface area contributed by atoms with E-state index in [0.29, 0.717) is 5.69 Å². The summed E-state index contributed by atoms with van der Waals surface area (Å²) in [7, 11) is 0. The smallest absolute Gasteiger partial charge is 0.141 e. The van der Waals surface area contributed by atoms with Gasteiger partial charge in [0.1, 0.15) is 17.2 Å². The zero-order valence-electron chi connectivity index (χ0n) is 12.0. The highest BCUT2D eigenvalue weighted by atomic mass is 19.1. The fourth-order valence-electron chi connectivity index (χ4n) is 2.53. The zero-order valence-corrected chi connectivity index (χ0v) is 12.0. The fraction of sp³-hybridized carbons (Fsp3) is 0.235. The predicted molar refractivity (Wildman–Crippen MR) is 84.4 cm³/mol. The van der Waals surface area contributed by atoms with E-state index in [0.717, 1.165) is 41.8 Å². The molecule has 4 heteroatoms. The van der Waals surface area contributed by atoms with Crippen LogP contribution in [0.3, 0.4) is 0 Å². The Morgan fingerprint density at radius 1 is 1.14 bits per heavy atom. The van der Waals surface area contributed by atoms with Crippen molar-refractivity contribution in [3.8, 4) is 11.4 Å². The molecule has 0 bridgehead atoms. The molecule has 3 nitrogen and oxygen atoms in total. The second-order valence-corrected chi connectivity index (χ2v) is 5.16. The second kappa shape index (κ2) is 5.56. The Hall–Kier alpha value is -2.36. The fourth-order valence-corrected chi connectivity index (χ4v) is 2.53. The maximum Gasteiger partial charge on any atom is 0.141 e. The van der Waals surface area contributed by atoms with Gasteiger partial charge in [0.2, 0.25) is 0 Å².